The van der Waals surface area contributed by atoms with Crippen LogP contribution in [0.2, 0.25) is 0 Å². The van der Waals surface area contributed by atoms with E-state index in [1.165, 1.54) is 5.01 Å². The maximum Gasteiger partial charge on any atom is 0.211 e. The predicted molar refractivity (Wildman–Crippen MR) is 71.8 cm³/mol. The SMILES string of the molecule is CCc1nc(CNCc2cc(OC)n(C)n2)cs1. The summed E-state index contributed by atoms with van der Waals surface area (Å²) in [5.74, 6) is 0.772. The Balaban J connectivity index is 1.84. The molecule has 0 amide bonds. The maximum atomic E-state index is 5.17. The smallest absolute Gasteiger partial charge is 0.211 e. The number of thiazole rings is 1. The van der Waals surface area contributed by atoms with Crippen LogP contribution in [0.4, 0.5) is 0 Å². The molecule has 2 aromatic heterocycles. The first kappa shape index (κ1) is 13.0. The molecule has 0 fully saturated rings. The molecule has 6 heteroatoms. The van der Waals surface area contributed by atoms with Crippen molar-refractivity contribution in [3.8, 4) is 5.88 Å². The molecule has 0 aromatic carbocycles. The van der Waals surface area contributed by atoms with E-state index in [1.54, 1.807) is 23.1 Å². The Labute approximate surface area is 111 Å². The largest absolute Gasteiger partial charge is 0.481 e. The van der Waals surface area contributed by atoms with Crippen LogP contribution < -0.4 is 10.1 Å². The second-order valence-corrected chi connectivity index (χ2v) is 4.93. The molecular formula is C12H18N4OS. The molecule has 98 valence electrons. The molecule has 0 atom stereocenters. The van der Waals surface area contributed by atoms with Gasteiger partial charge >= 0.3 is 0 Å². The minimum absolute atomic E-state index is 0.718. The third kappa shape index (κ3) is 3.08. The second-order valence-electron chi connectivity index (χ2n) is 3.99. The lowest BCUT2D eigenvalue weighted by Gasteiger charge is -1.98. The highest BCUT2D eigenvalue weighted by Crippen LogP contribution is 2.12. The van der Waals surface area contributed by atoms with Gasteiger partial charge in [-0.2, -0.15) is 5.10 Å². The Morgan fingerprint density at radius 3 is 2.78 bits per heavy atom. The predicted octanol–water partition coefficient (Wildman–Crippen LogP) is 1.74. The molecular weight excluding hydrogens is 248 g/mol. The standard InChI is InChI=1S/C12H18N4OS/c1-4-11-14-10(8-18-11)7-13-6-9-5-12(17-3)16(2)15-9/h5,8,13H,4,6-7H2,1-3H3. The van der Waals surface area contributed by atoms with E-state index in [-0.39, 0.29) is 0 Å². The summed E-state index contributed by atoms with van der Waals surface area (Å²) >= 11 is 1.72. The van der Waals surface area contributed by atoms with Gasteiger partial charge in [-0.1, -0.05) is 6.92 Å². The van der Waals surface area contributed by atoms with E-state index >= 15 is 0 Å². The number of hydrogen-bond acceptors (Lipinski definition) is 5. The molecule has 2 heterocycles. The minimum atomic E-state index is 0.718. The van der Waals surface area contributed by atoms with Gasteiger partial charge in [-0.25, -0.2) is 9.67 Å². The van der Waals surface area contributed by atoms with Gasteiger partial charge < -0.3 is 10.1 Å². The van der Waals surface area contributed by atoms with Crippen LogP contribution in [-0.2, 0) is 26.6 Å². The molecule has 0 aliphatic rings. The lowest BCUT2D eigenvalue weighted by atomic mass is 10.4. The summed E-state index contributed by atoms with van der Waals surface area (Å²) in [5.41, 5.74) is 2.07. The molecule has 0 spiro atoms. The number of methoxy groups -OCH3 is 1. The fourth-order valence-corrected chi connectivity index (χ4v) is 2.44. The average molecular weight is 266 g/mol. The first-order valence-corrected chi connectivity index (χ1v) is 6.81. The van der Waals surface area contributed by atoms with Crippen LogP contribution in [0.3, 0.4) is 0 Å². The first-order valence-electron chi connectivity index (χ1n) is 5.93. The van der Waals surface area contributed by atoms with Crippen molar-refractivity contribution in [3.05, 3.63) is 27.8 Å². The van der Waals surface area contributed by atoms with Gasteiger partial charge in [0.15, 0.2) is 0 Å². The molecule has 0 radical (unpaired) electrons. The number of aryl methyl sites for hydroxylation is 2. The molecule has 0 unspecified atom stereocenters. The molecule has 2 rings (SSSR count). The number of nitrogens with one attached hydrogen (secondary N) is 1. The topological polar surface area (TPSA) is 52.0 Å². The van der Waals surface area contributed by atoms with Crippen molar-refractivity contribution in [2.45, 2.75) is 26.4 Å². The molecule has 0 aliphatic heterocycles. The fourth-order valence-electron chi connectivity index (χ4n) is 1.70. The Morgan fingerprint density at radius 1 is 1.39 bits per heavy atom. The summed E-state index contributed by atoms with van der Waals surface area (Å²) in [6.07, 6.45) is 1.00. The van der Waals surface area contributed by atoms with Crippen molar-refractivity contribution < 1.29 is 4.74 Å². The quantitative estimate of drug-likeness (QED) is 0.865. The van der Waals surface area contributed by atoms with Crippen molar-refractivity contribution in [2.24, 2.45) is 7.05 Å². The third-order valence-corrected chi connectivity index (χ3v) is 3.65. The van der Waals surface area contributed by atoms with E-state index in [4.69, 9.17) is 4.74 Å². The van der Waals surface area contributed by atoms with Crippen molar-refractivity contribution >= 4 is 11.3 Å². The van der Waals surface area contributed by atoms with E-state index in [1.807, 2.05) is 13.1 Å². The lowest BCUT2D eigenvalue weighted by molar-refractivity contribution is 0.373. The number of rotatable bonds is 6. The number of aromatic nitrogens is 3. The van der Waals surface area contributed by atoms with E-state index in [9.17, 15) is 0 Å². The zero-order valence-electron chi connectivity index (χ0n) is 10.9. The summed E-state index contributed by atoms with van der Waals surface area (Å²) < 4.78 is 6.90. The minimum Gasteiger partial charge on any atom is -0.481 e. The number of nitrogens with zero attached hydrogens (tertiary/aromatic N) is 3. The normalized spacial score (nSPS) is 10.8. The van der Waals surface area contributed by atoms with Crippen LogP contribution in [0.5, 0.6) is 5.88 Å². The van der Waals surface area contributed by atoms with Gasteiger partial charge in [-0.15, -0.1) is 11.3 Å². The zero-order chi connectivity index (χ0) is 13.0. The van der Waals surface area contributed by atoms with E-state index in [0.29, 0.717) is 0 Å². The molecule has 18 heavy (non-hydrogen) atoms. The van der Waals surface area contributed by atoms with Crippen LogP contribution in [0, 0.1) is 0 Å². The highest BCUT2D eigenvalue weighted by Gasteiger charge is 2.05. The Hall–Kier alpha value is -1.40. The summed E-state index contributed by atoms with van der Waals surface area (Å²) in [4.78, 5) is 4.50. The van der Waals surface area contributed by atoms with Crippen LogP contribution in [0.25, 0.3) is 0 Å². The van der Waals surface area contributed by atoms with E-state index in [2.05, 4.69) is 27.7 Å². The monoisotopic (exact) mass is 266 g/mol. The molecule has 0 saturated heterocycles. The van der Waals surface area contributed by atoms with Crippen molar-refractivity contribution in [2.75, 3.05) is 7.11 Å². The van der Waals surface area contributed by atoms with Gasteiger partial charge in [0.05, 0.1) is 23.5 Å². The highest BCUT2D eigenvalue weighted by atomic mass is 32.1. The molecule has 0 aliphatic carbocycles. The molecule has 2 aromatic rings. The van der Waals surface area contributed by atoms with Gasteiger partial charge in [0.2, 0.25) is 5.88 Å². The maximum absolute atomic E-state index is 5.17. The molecule has 1 N–H and O–H groups in total. The van der Waals surface area contributed by atoms with Gasteiger partial charge in [-0.05, 0) is 6.42 Å². The third-order valence-electron chi connectivity index (χ3n) is 2.61. The van der Waals surface area contributed by atoms with Gasteiger partial charge in [0.1, 0.15) is 0 Å². The Kier molecular flexibility index (Phi) is 4.33. The van der Waals surface area contributed by atoms with Crippen LogP contribution in [0.15, 0.2) is 11.4 Å². The summed E-state index contributed by atoms with van der Waals surface area (Å²) in [6.45, 7) is 3.61. The summed E-state index contributed by atoms with van der Waals surface area (Å²) in [6, 6.07) is 1.94. The van der Waals surface area contributed by atoms with E-state index < -0.39 is 0 Å². The van der Waals surface area contributed by atoms with Gasteiger partial charge in [0, 0.05) is 31.6 Å². The summed E-state index contributed by atoms with van der Waals surface area (Å²) in [5, 5.41) is 11.0. The number of ether oxygens (including phenoxy) is 1. The Bertz CT molecular complexity index is 506. The van der Waals surface area contributed by atoms with Crippen LogP contribution in [0.1, 0.15) is 23.3 Å². The lowest BCUT2D eigenvalue weighted by Crippen LogP contribution is -2.13. The van der Waals surface area contributed by atoms with Crippen molar-refractivity contribution in [1.82, 2.24) is 20.1 Å². The highest BCUT2D eigenvalue weighted by molar-refractivity contribution is 7.09. The first-order chi connectivity index (χ1) is 8.72. The van der Waals surface area contributed by atoms with Gasteiger partial charge in [0.25, 0.3) is 0 Å². The average Bonchev–Trinajstić information content (AvgIpc) is 2.96. The zero-order valence-corrected chi connectivity index (χ0v) is 11.8. The number of hydrogen-bond donors (Lipinski definition) is 1. The van der Waals surface area contributed by atoms with Crippen LogP contribution in [-0.4, -0.2) is 21.9 Å². The van der Waals surface area contributed by atoms with Crippen LogP contribution >= 0.6 is 11.3 Å². The van der Waals surface area contributed by atoms with E-state index in [0.717, 1.165) is 36.8 Å². The molecule has 0 saturated carbocycles. The van der Waals surface area contributed by atoms with Gasteiger partial charge in [-0.3, -0.25) is 0 Å². The molecule has 0 bridgehead atoms. The Morgan fingerprint density at radius 2 is 2.17 bits per heavy atom. The fraction of sp³-hybridized carbons (Fsp3) is 0.500. The van der Waals surface area contributed by atoms with Crippen molar-refractivity contribution in [3.63, 3.8) is 0 Å². The molecule has 5 nitrogen and oxygen atoms in total. The second kappa shape index (κ2) is 5.97. The summed E-state index contributed by atoms with van der Waals surface area (Å²) in [7, 11) is 3.52. The van der Waals surface area contributed by atoms with Crippen molar-refractivity contribution in [1.29, 1.82) is 0 Å².